The van der Waals surface area contributed by atoms with Crippen LogP contribution in [0.3, 0.4) is 0 Å². The van der Waals surface area contributed by atoms with Gasteiger partial charge in [0.2, 0.25) is 0 Å². The summed E-state index contributed by atoms with van der Waals surface area (Å²) in [5, 5.41) is 10.5. The number of rotatable bonds is 6. The van der Waals surface area contributed by atoms with Crippen molar-refractivity contribution in [2.24, 2.45) is 0 Å². The molecule has 0 spiro atoms. The number of carbonyl (C=O) groups is 1. The highest BCUT2D eigenvalue weighted by molar-refractivity contribution is 6.30. The van der Waals surface area contributed by atoms with Crippen LogP contribution in [-0.2, 0) is 6.61 Å². The Kier molecular flexibility index (Phi) is 6.26. The molecule has 32 heavy (non-hydrogen) atoms. The largest absolute Gasteiger partial charge is 0.511 e. The van der Waals surface area contributed by atoms with Crippen LogP contribution in [0.2, 0.25) is 10.0 Å². The molecular weight excluding hydrogens is 456 g/mol. The van der Waals surface area contributed by atoms with Gasteiger partial charge in [0.05, 0.1) is 11.6 Å². The van der Waals surface area contributed by atoms with Gasteiger partial charge in [-0.3, -0.25) is 0 Å². The minimum absolute atomic E-state index is 0.0212. The van der Waals surface area contributed by atoms with Crippen LogP contribution in [0.4, 0.5) is 9.18 Å². The van der Waals surface area contributed by atoms with Crippen molar-refractivity contribution >= 4 is 40.3 Å². The second kappa shape index (κ2) is 9.10. The Morgan fingerprint density at radius 2 is 1.81 bits per heavy atom. The number of hydrogen-bond donors (Lipinski definition) is 1. The van der Waals surface area contributed by atoms with Crippen molar-refractivity contribution in [3.05, 3.63) is 93.8 Å². The minimum atomic E-state index is -1.38. The first-order chi connectivity index (χ1) is 15.3. The number of aromatic nitrogens is 1. The number of hydrogen-bond acceptors (Lipinski definition) is 3. The number of ether oxygens (including phenoxy) is 2. The lowest BCUT2D eigenvalue weighted by atomic mass is 10.1. The fourth-order valence-corrected chi connectivity index (χ4v) is 3.94. The fourth-order valence-electron chi connectivity index (χ4n) is 3.60. The van der Waals surface area contributed by atoms with E-state index in [2.05, 4.69) is 0 Å². The molecule has 4 rings (SSSR count). The first-order valence-corrected chi connectivity index (χ1v) is 10.5. The highest BCUT2D eigenvalue weighted by Crippen LogP contribution is 2.35. The van der Waals surface area contributed by atoms with Crippen LogP contribution >= 0.6 is 23.2 Å². The lowest BCUT2D eigenvalue weighted by Gasteiger charge is -2.20. The molecule has 0 aliphatic rings. The number of benzene rings is 3. The summed E-state index contributed by atoms with van der Waals surface area (Å²) in [4.78, 5) is 11.0. The Bertz CT molecular complexity index is 1300. The maximum atomic E-state index is 14.2. The summed E-state index contributed by atoms with van der Waals surface area (Å²) in [6.07, 6.45) is 0.464. The maximum Gasteiger partial charge on any atom is 0.511 e. The molecule has 0 bridgehead atoms. The van der Waals surface area contributed by atoms with Crippen molar-refractivity contribution in [3.63, 3.8) is 0 Å². The van der Waals surface area contributed by atoms with Gasteiger partial charge in [-0.1, -0.05) is 35.3 Å². The van der Waals surface area contributed by atoms with Gasteiger partial charge in [-0.05, 0) is 55.5 Å². The van der Waals surface area contributed by atoms with Crippen molar-refractivity contribution in [2.75, 3.05) is 0 Å². The van der Waals surface area contributed by atoms with Crippen LogP contribution in [0, 0.1) is 5.82 Å². The van der Waals surface area contributed by atoms with Gasteiger partial charge in [0, 0.05) is 32.8 Å². The zero-order valence-corrected chi connectivity index (χ0v) is 18.4. The molecule has 164 valence electrons. The Morgan fingerprint density at radius 1 is 1.06 bits per heavy atom. The predicted molar refractivity (Wildman–Crippen MR) is 122 cm³/mol. The molecule has 1 heterocycles. The van der Waals surface area contributed by atoms with Gasteiger partial charge >= 0.3 is 6.16 Å². The quantitative estimate of drug-likeness (QED) is 0.235. The molecule has 4 aromatic rings. The van der Waals surface area contributed by atoms with Gasteiger partial charge in [0.1, 0.15) is 23.9 Å². The first kappa shape index (κ1) is 22.0. The minimum Gasteiger partial charge on any atom is -0.488 e. The normalized spacial score (nSPS) is 12.0. The second-order valence-corrected chi connectivity index (χ2v) is 8.04. The average molecular weight is 474 g/mol. The van der Waals surface area contributed by atoms with Crippen molar-refractivity contribution in [1.29, 1.82) is 0 Å². The van der Waals surface area contributed by atoms with Crippen LogP contribution in [0.15, 0.2) is 66.9 Å². The highest BCUT2D eigenvalue weighted by atomic mass is 35.5. The van der Waals surface area contributed by atoms with E-state index in [0.717, 1.165) is 11.1 Å². The summed E-state index contributed by atoms with van der Waals surface area (Å²) in [5.41, 5.74) is 1.95. The Morgan fingerprint density at radius 3 is 2.56 bits per heavy atom. The van der Waals surface area contributed by atoms with Gasteiger partial charge in [-0.2, -0.15) is 0 Å². The molecule has 3 aromatic carbocycles. The SMILES string of the molecule is CC(c1cc(Cl)ccc1OCc1ccc(Cl)cc1F)n1ccc2c(OC(=O)O)cccc21. The zero-order chi connectivity index (χ0) is 22.8. The lowest BCUT2D eigenvalue weighted by Crippen LogP contribution is -2.09. The predicted octanol–water partition coefficient (Wildman–Crippen LogP) is 7.33. The molecule has 0 aliphatic heterocycles. The molecule has 0 amide bonds. The van der Waals surface area contributed by atoms with E-state index < -0.39 is 12.0 Å². The third-order valence-corrected chi connectivity index (χ3v) is 5.63. The van der Waals surface area contributed by atoms with Crippen LogP contribution in [-0.4, -0.2) is 15.8 Å². The summed E-state index contributed by atoms with van der Waals surface area (Å²) in [7, 11) is 0. The molecule has 1 unspecified atom stereocenters. The molecule has 0 radical (unpaired) electrons. The van der Waals surface area contributed by atoms with Crippen molar-refractivity contribution in [3.8, 4) is 11.5 Å². The van der Waals surface area contributed by atoms with E-state index in [1.54, 1.807) is 48.5 Å². The number of carboxylic acid groups (broad SMARTS) is 1. The summed E-state index contributed by atoms with van der Waals surface area (Å²) in [6.45, 7) is 1.99. The maximum absolute atomic E-state index is 14.2. The Labute approximate surface area is 193 Å². The summed E-state index contributed by atoms with van der Waals surface area (Å²) in [5.74, 6) is 0.362. The Balaban J connectivity index is 1.67. The van der Waals surface area contributed by atoms with E-state index in [9.17, 15) is 9.18 Å². The van der Waals surface area contributed by atoms with Gasteiger partial charge in [0.15, 0.2) is 0 Å². The van der Waals surface area contributed by atoms with Crippen LogP contribution < -0.4 is 9.47 Å². The van der Waals surface area contributed by atoms with E-state index >= 15 is 0 Å². The monoisotopic (exact) mass is 473 g/mol. The van der Waals surface area contributed by atoms with Crippen molar-refractivity contribution < 1.29 is 23.8 Å². The molecule has 1 atom stereocenters. The van der Waals surface area contributed by atoms with Crippen LogP contribution in [0.1, 0.15) is 24.1 Å². The standard InChI is InChI=1S/C24H18Cl2FNO4/c1-14(28-10-9-18-21(28)3-2-4-23(18)32-24(29)30)19-11-16(25)7-8-22(19)31-13-15-5-6-17(26)12-20(15)27/h2-12,14H,13H2,1H3,(H,29,30). The first-order valence-electron chi connectivity index (χ1n) is 9.70. The van der Waals surface area contributed by atoms with Crippen LogP contribution in [0.25, 0.3) is 10.9 Å². The van der Waals surface area contributed by atoms with Gasteiger partial charge in [-0.15, -0.1) is 0 Å². The molecule has 5 nitrogen and oxygen atoms in total. The van der Waals surface area contributed by atoms with E-state index in [4.69, 9.17) is 37.8 Å². The fraction of sp³-hybridized carbons (Fsp3) is 0.125. The van der Waals surface area contributed by atoms with E-state index in [1.165, 1.54) is 6.07 Å². The van der Waals surface area contributed by atoms with Gasteiger partial charge in [0.25, 0.3) is 0 Å². The van der Waals surface area contributed by atoms with Gasteiger partial charge < -0.3 is 19.1 Å². The molecule has 8 heteroatoms. The molecule has 0 saturated carbocycles. The van der Waals surface area contributed by atoms with E-state index in [0.29, 0.717) is 26.7 Å². The van der Waals surface area contributed by atoms with Gasteiger partial charge in [-0.25, -0.2) is 9.18 Å². The molecule has 0 aliphatic carbocycles. The molecule has 1 N–H and O–H groups in total. The smallest absolute Gasteiger partial charge is 0.488 e. The second-order valence-electron chi connectivity index (χ2n) is 7.16. The summed E-state index contributed by atoms with van der Waals surface area (Å²) in [6, 6.07) is 16.4. The van der Waals surface area contributed by atoms with E-state index in [1.807, 2.05) is 23.8 Å². The Hall–Kier alpha value is -3.22. The van der Waals surface area contributed by atoms with Crippen molar-refractivity contribution in [2.45, 2.75) is 19.6 Å². The lowest BCUT2D eigenvalue weighted by molar-refractivity contribution is 0.145. The highest BCUT2D eigenvalue weighted by Gasteiger charge is 2.18. The topological polar surface area (TPSA) is 60.7 Å². The van der Waals surface area contributed by atoms with E-state index in [-0.39, 0.29) is 18.4 Å². The average Bonchev–Trinajstić information content (AvgIpc) is 3.18. The molecule has 1 aromatic heterocycles. The van der Waals surface area contributed by atoms with Crippen molar-refractivity contribution in [1.82, 2.24) is 4.57 Å². The summed E-state index contributed by atoms with van der Waals surface area (Å²) < 4.78 is 27.0. The molecule has 0 saturated heterocycles. The molecule has 0 fully saturated rings. The third kappa shape index (κ3) is 4.52. The number of nitrogens with zero attached hydrogens (tertiary/aromatic N) is 1. The third-order valence-electron chi connectivity index (χ3n) is 5.16. The molecular formula is C24H18Cl2FNO4. The number of fused-ring (bicyclic) bond motifs is 1. The van der Waals surface area contributed by atoms with Crippen LogP contribution in [0.5, 0.6) is 11.5 Å². The summed E-state index contributed by atoms with van der Waals surface area (Å²) >= 11 is 12.1. The number of halogens is 3. The zero-order valence-electron chi connectivity index (χ0n) is 16.9.